The van der Waals surface area contributed by atoms with Crippen LogP contribution in [-0.4, -0.2) is 21.8 Å². The number of nitrogens with one attached hydrogen (secondary N) is 2. The summed E-state index contributed by atoms with van der Waals surface area (Å²) in [5.41, 5.74) is 1.70. The molecule has 1 aliphatic rings. The lowest BCUT2D eigenvalue weighted by Gasteiger charge is -2.42. The summed E-state index contributed by atoms with van der Waals surface area (Å²) in [6.07, 6.45) is 5.62. The Bertz CT molecular complexity index is 1080. The molecule has 0 saturated heterocycles. The zero-order valence-electron chi connectivity index (χ0n) is 15.9. The number of rotatable bonds is 5. The topological polar surface area (TPSA) is 84.0 Å². The molecular formula is C22H18Cl2N4O2. The summed E-state index contributed by atoms with van der Waals surface area (Å²) in [6, 6.07) is 13.5. The van der Waals surface area contributed by atoms with Crippen LogP contribution in [0.4, 0.5) is 5.69 Å². The molecule has 1 fully saturated rings. The Balaban J connectivity index is 1.47. The molecule has 0 bridgehead atoms. The van der Waals surface area contributed by atoms with Gasteiger partial charge in [-0.1, -0.05) is 29.3 Å². The Hall–Kier alpha value is -2.96. The minimum Gasteiger partial charge on any atom is -0.341 e. The Kier molecular flexibility index (Phi) is 5.70. The average Bonchev–Trinajstić information content (AvgIpc) is 2.72. The van der Waals surface area contributed by atoms with Crippen molar-refractivity contribution in [3.05, 3.63) is 87.9 Å². The molecule has 2 aromatic heterocycles. The van der Waals surface area contributed by atoms with E-state index in [1.807, 2.05) is 6.07 Å². The van der Waals surface area contributed by atoms with Crippen LogP contribution in [0.1, 0.15) is 45.7 Å². The Morgan fingerprint density at radius 1 is 0.900 bits per heavy atom. The largest absolute Gasteiger partial charge is 0.341 e. The van der Waals surface area contributed by atoms with Gasteiger partial charge in [0, 0.05) is 16.8 Å². The maximum absolute atomic E-state index is 12.6. The maximum Gasteiger partial charge on any atom is 0.255 e. The van der Waals surface area contributed by atoms with Gasteiger partial charge in [0.2, 0.25) is 0 Å². The molecule has 0 spiro atoms. The molecule has 3 aromatic rings. The van der Waals surface area contributed by atoms with E-state index in [4.69, 9.17) is 23.2 Å². The number of anilines is 1. The maximum atomic E-state index is 12.6. The zero-order valence-corrected chi connectivity index (χ0v) is 17.4. The number of halogens is 2. The number of amides is 2. The molecule has 152 valence electrons. The van der Waals surface area contributed by atoms with Gasteiger partial charge >= 0.3 is 0 Å². The summed E-state index contributed by atoms with van der Waals surface area (Å²) in [5, 5.41) is 6.72. The van der Waals surface area contributed by atoms with Crippen molar-refractivity contribution in [2.45, 2.75) is 24.8 Å². The van der Waals surface area contributed by atoms with E-state index in [0.717, 1.165) is 25.0 Å². The van der Waals surface area contributed by atoms with Crippen LogP contribution < -0.4 is 10.6 Å². The van der Waals surface area contributed by atoms with Crippen molar-refractivity contribution < 1.29 is 9.59 Å². The van der Waals surface area contributed by atoms with E-state index in [9.17, 15) is 9.59 Å². The highest BCUT2D eigenvalue weighted by Crippen LogP contribution is 2.40. The molecule has 0 atom stereocenters. The zero-order chi connectivity index (χ0) is 21.1. The predicted molar refractivity (Wildman–Crippen MR) is 116 cm³/mol. The van der Waals surface area contributed by atoms with E-state index >= 15 is 0 Å². The first-order valence-electron chi connectivity index (χ1n) is 9.43. The third-order valence-corrected chi connectivity index (χ3v) is 5.61. The van der Waals surface area contributed by atoms with Crippen LogP contribution in [0.25, 0.3) is 0 Å². The third-order valence-electron chi connectivity index (χ3n) is 5.15. The number of pyridine rings is 2. The SMILES string of the molecule is O=C(Nc1ccc(C2(NC(=O)c3ccc(Cl)nc3)CCC2)nc1)c1cccc(Cl)c1. The molecule has 30 heavy (non-hydrogen) atoms. The highest BCUT2D eigenvalue weighted by Gasteiger charge is 2.41. The Morgan fingerprint density at radius 3 is 2.33 bits per heavy atom. The predicted octanol–water partition coefficient (Wildman–Crippen LogP) is 4.84. The van der Waals surface area contributed by atoms with Crippen molar-refractivity contribution >= 4 is 40.7 Å². The minimum absolute atomic E-state index is 0.223. The minimum atomic E-state index is -0.522. The van der Waals surface area contributed by atoms with Crippen LogP contribution in [-0.2, 0) is 5.54 Å². The first-order chi connectivity index (χ1) is 14.4. The number of hydrogen-bond acceptors (Lipinski definition) is 4. The summed E-state index contributed by atoms with van der Waals surface area (Å²) in [4.78, 5) is 33.5. The second-order valence-electron chi connectivity index (χ2n) is 7.16. The van der Waals surface area contributed by atoms with E-state index in [-0.39, 0.29) is 11.8 Å². The fraction of sp³-hybridized carbons (Fsp3) is 0.182. The third kappa shape index (κ3) is 4.30. The monoisotopic (exact) mass is 440 g/mol. The van der Waals surface area contributed by atoms with Crippen molar-refractivity contribution in [3.63, 3.8) is 0 Å². The first-order valence-corrected chi connectivity index (χ1v) is 10.2. The van der Waals surface area contributed by atoms with Crippen molar-refractivity contribution in [1.29, 1.82) is 0 Å². The molecule has 2 N–H and O–H groups in total. The molecule has 2 heterocycles. The van der Waals surface area contributed by atoms with Gasteiger partial charge in [0.05, 0.1) is 28.7 Å². The summed E-state index contributed by atoms with van der Waals surface area (Å²) < 4.78 is 0. The van der Waals surface area contributed by atoms with Gasteiger partial charge in [-0.25, -0.2) is 4.98 Å². The van der Waals surface area contributed by atoms with E-state index < -0.39 is 5.54 Å². The molecule has 2 amide bonds. The number of aromatic nitrogens is 2. The van der Waals surface area contributed by atoms with Crippen LogP contribution in [0.3, 0.4) is 0 Å². The van der Waals surface area contributed by atoms with Crippen molar-refractivity contribution in [2.75, 3.05) is 5.32 Å². The van der Waals surface area contributed by atoms with E-state index in [1.54, 1.807) is 48.7 Å². The quantitative estimate of drug-likeness (QED) is 0.555. The molecule has 1 aromatic carbocycles. The summed E-state index contributed by atoms with van der Waals surface area (Å²) in [7, 11) is 0. The van der Waals surface area contributed by atoms with Crippen molar-refractivity contribution in [2.24, 2.45) is 0 Å². The van der Waals surface area contributed by atoms with Crippen LogP contribution in [0.5, 0.6) is 0 Å². The number of carbonyl (C=O) groups excluding carboxylic acids is 2. The molecule has 0 radical (unpaired) electrons. The summed E-state index contributed by atoms with van der Waals surface area (Å²) in [6.45, 7) is 0. The van der Waals surface area contributed by atoms with E-state index in [0.29, 0.717) is 27.0 Å². The van der Waals surface area contributed by atoms with Crippen LogP contribution in [0.15, 0.2) is 60.9 Å². The highest BCUT2D eigenvalue weighted by atomic mass is 35.5. The molecule has 6 nitrogen and oxygen atoms in total. The van der Waals surface area contributed by atoms with Gasteiger partial charge in [0.1, 0.15) is 5.15 Å². The van der Waals surface area contributed by atoms with Gasteiger partial charge in [-0.05, 0) is 61.7 Å². The van der Waals surface area contributed by atoms with Crippen LogP contribution in [0.2, 0.25) is 10.2 Å². The van der Waals surface area contributed by atoms with E-state index in [1.165, 1.54) is 6.20 Å². The molecular weight excluding hydrogens is 423 g/mol. The lowest BCUT2D eigenvalue weighted by Crippen LogP contribution is -2.51. The normalized spacial score (nSPS) is 14.5. The van der Waals surface area contributed by atoms with Gasteiger partial charge in [-0.2, -0.15) is 0 Å². The van der Waals surface area contributed by atoms with Crippen molar-refractivity contribution in [1.82, 2.24) is 15.3 Å². The lowest BCUT2D eigenvalue weighted by molar-refractivity contribution is 0.0816. The number of benzene rings is 1. The molecule has 0 unspecified atom stereocenters. The average molecular weight is 441 g/mol. The number of hydrogen-bond donors (Lipinski definition) is 2. The fourth-order valence-corrected chi connectivity index (χ4v) is 3.66. The van der Waals surface area contributed by atoms with E-state index in [2.05, 4.69) is 20.6 Å². The second-order valence-corrected chi connectivity index (χ2v) is 7.98. The standard InChI is InChI=1S/C22H18Cl2N4O2/c23-16-4-1-3-14(11-16)20(29)27-17-6-7-18(25-13-17)22(9-2-10-22)28-21(30)15-5-8-19(24)26-12-15/h1,3-8,11-13H,2,9-10H2,(H,27,29)(H,28,30). The summed E-state index contributed by atoms with van der Waals surface area (Å²) in [5.74, 6) is -0.493. The highest BCUT2D eigenvalue weighted by molar-refractivity contribution is 6.31. The molecule has 8 heteroatoms. The number of carbonyl (C=O) groups is 2. The molecule has 1 saturated carbocycles. The number of nitrogens with zero attached hydrogens (tertiary/aromatic N) is 2. The lowest BCUT2D eigenvalue weighted by atomic mass is 9.74. The first kappa shape index (κ1) is 20.3. The molecule has 1 aliphatic carbocycles. The Labute approximate surface area is 183 Å². The van der Waals surface area contributed by atoms with Crippen LogP contribution >= 0.6 is 23.2 Å². The smallest absolute Gasteiger partial charge is 0.255 e. The van der Waals surface area contributed by atoms with Gasteiger partial charge in [-0.3, -0.25) is 14.6 Å². The molecule has 0 aliphatic heterocycles. The summed E-state index contributed by atoms with van der Waals surface area (Å²) >= 11 is 11.7. The fourth-order valence-electron chi connectivity index (χ4n) is 3.36. The van der Waals surface area contributed by atoms with Gasteiger partial charge in [0.25, 0.3) is 11.8 Å². The molecule has 4 rings (SSSR count). The van der Waals surface area contributed by atoms with Gasteiger partial charge < -0.3 is 10.6 Å². The van der Waals surface area contributed by atoms with Crippen molar-refractivity contribution in [3.8, 4) is 0 Å². The van der Waals surface area contributed by atoms with Gasteiger partial charge in [-0.15, -0.1) is 0 Å². The second kappa shape index (κ2) is 8.42. The van der Waals surface area contributed by atoms with Gasteiger partial charge in [0.15, 0.2) is 0 Å². The Morgan fingerprint density at radius 2 is 1.73 bits per heavy atom. The van der Waals surface area contributed by atoms with Crippen LogP contribution in [0, 0.1) is 0 Å².